The number of ether oxygens (including phenoxy) is 4. The van der Waals surface area contributed by atoms with E-state index in [1.807, 2.05) is 24.3 Å². The molecule has 2 aliphatic carbocycles. The van der Waals surface area contributed by atoms with Crippen LogP contribution in [0.5, 0.6) is 23.0 Å². The van der Waals surface area contributed by atoms with E-state index in [0.717, 1.165) is 81.9 Å². The van der Waals surface area contributed by atoms with Gasteiger partial charge in [-0.3, -0.25) is 0 Å². The first-order valence-electron chi connectivity index (χ1n) is 22.1. The van der Waals surface area contributed by atoms with Crippen LogP contribution in [-0.2, 0) is 16.4 Å². The van der Waals surface area contributed by atoms with E-state index in [-0.39, 0.29) is 10.8 Å². The van der Waals surface area contributed by atoms with E-state index < -0.39 is 5.60 Å². The number of methoxy groups -OCH3 is 3. The van der Waals surface area contributed by atoms with Crippen molar-refractivity contribution in [2.75, 3.05) is 21.3 Å². The van der Waals surface area contributed by atoms with Gasteiger partial charge in [-0.15, -0.1) is 0 Å². The molecule has 11 rings (SSSR count). The quantitative estimate of drug-likeness (QED) is 0.153. The maximum absolute atomic E-state index is 7.83. The zero-order valence-corrected chi connectivity index (χ0v) is 36.3. The maximum atomic E-state index is 7.83. The van der Waals surface area contributed by atoms with Crippen LogP contribution in [0, 0.1) is 6.92 Å². The molecule has 1 fully saturated rings. The van der Waals surface area contributed by atoms with E-state index in [4.69, 9.17) is 18.9 Å². The summed E-state index contributed by atoms with van der Waals surface area (Å²) in [5.41, 5.74) is 13.4. The summed E-state index contributed by atoms with van der Waals surface area (Å²) in [4.78, 5) is 0. The molecule has 0 N–H and O–H groups in total. The minimum atomic E-state index is -0.962. The second-order valence-corrected chi connectivity index (χ2v) is 17.5. The highest BCUT2D eigenvalue weighted by Gasteiger charge is 2.53. The number of fused-ring (bicyclic) bond motifs is 10. The molecule has 0 amide bonds. The minimum absolute atomic E-state index is 0.113. The first-order chi connectivity index (χ1) is 30.9. The molecular weight excluding hydrogens is 773 g/mol. The smallest absolute Gasteiger partial charge is 0.178 e. The predicted octanol–water partition coefficient (Wildman–Crippen LogP) is 14.0. The Balaban J connectivity index is 1.19. The van der Waals surface area contributed by atoms with Gasteiger partial charge in [-0.2, -0.15) is 0 Å². The molecule has 4 heteroatoms. The highest BCUT2D eigenvalue weighted by molar-refractivity contribution is 6.10. The first kappa shape index (κ1) is 38.9. The van der Waals surface area contributed by atoms with Crippen LogP contribution in [0.2, 0.25) is 0 Å². The van der Waals surface area contributed by atoms with Crippen LogP contribution in [0.3, 0.4) is 0 Å². The lowest BCUT2D eigenvalue weighted by Crippen LogP contribution is -2.41. The van der Waals surface area contributed by atoms with Crippen LogP contribution >= 0.6 is 0 Å². The van der Waals surface area contributed by atoms with Crippen LogP contribution in [0.15, 0.2) is 176 Å². The zero-order valence-electron chi connectivity index (χ0n) is 36.3. The molecule has 0 radical (unpaired) electrons. The molecule has 1 aliphatic heterocycles. The summed E-state index contributed by atoms with van der Waals surface area (Å²) in [6, 6.07) is 61.6. The van der Waals surface area contributed by atoms with Gasteiger partial charge in [0.05, 0.1) is 21.3 Å². The molecule has 63 heavy (non-hydrogen) atoms. The van der Waals surface area contributed by atoms with E-state index in [1.54, 1.807) is 21.3 Å². The van der Waals surface area contributed by atoms with Gasteiger partial charge in [0.25, 0.3) is 0 Å². The molecule has 0 saturated heterocycles. The second-order valence-electron chi connectivity index (χ2n) is 17.5. The summed E-state index contributed by atoms with van der Waals surface area (Å²) >= 11 is 0. The Kier molecular flexibility index (Phi) is 9.31. The lowest BCUT2D eigenvalue weighted by atomic mass is 9.56. The van der Waals surface area contributed by atoms with Gasteiger partial charge in [0.2, 0.25) is 0 Å². The Bertz CT molecular complexity index is 2920. The molecular formula is C59H50O4. The molecule has 0 bridgehead atoms. The van der Waals surface area contributed by atoms with Gasteiger partial charge < -0.3 is 18.9 Å². The second kappa shape index (κ2) is 15.1. The average molecular weight is 823 g/mol. The Morgan fingerprint density at radius 3 is 1.62 bits per heavy atom. The van der Waals surface area contributed by atoms with Gasteiger partial charge in [-0.25, -0.2) is 0 Å². The lowest BCUT2D eigenvalue weighted by Gasteiger charge is -2.48. The largest absolute Gasteiger partial charge is 0.497 e. The molecule has 3 aliphatic rings. The van der Waals surface area contributed by atoms with Crippen molar-refractivity contribution in [1.82, 2.24) is 0 Å². The fourth-order valence-corrected chi connectivity index (χ4v) is 11.4. The molecule has 1 heterocycles. The summed E-state index contributed by atoms with van der Waals surface area (Å²) in [7, 11) is 5.18. The summed E-state index contributed by atoms with van der Waals surface area (Å²) in [5.74, 6) is 3.25. The number of aryl methyl sites for hydroxylation is 1. The van der Waals surface area contributed by atoms with Gasteiger partial charge in [-0.05, 0) is 119 Å². The molecule has 310 valence electrons. The SMILES string of the molecule is COc1ccc(C2(c3ccc(OC)cc3)C=Cc3c4c(c5cc(-c6ccc(C)cc6)c(OC)cc5c3O2)-c2ccccc2C42CCC(c3ccccc3)(c3ccccc3)CC2)cc1. The number of rotatable bonds is 8. The Hall–Kier alpha value is -7.04. The summed E-state index contributed by atoms with van der Waals surface area (Å²) in [5, 5.41) is 2.19. The van der Waals surface area contributed by atoms with Crippen molar-refractivity contribution in [2.45, 2.75) is 49.0 Å². The van der Waals surface area contributed by atoms with E-state index in [2.05, 4.69) is 165 Å². The first-order valence-corrected chi connectivity index (χ1v) is 22.1. The topological polar surface area (TPSA) is 36.9 Å². The van der Waals surface area contributed by atoms with Crippen LogP contribution in [0.4, 0.5) is 0 Å². The minimum Gasteiger partial charge on any atom is -0.497 e. The molecule has 0 atom stereocenters. The zero-order chi connectivity index (χ0) is 42.8. The molecule has 0 aromatic heterocycles. The highest BCUT2D eigenvalue weighted by atomic mass is 16.5. The normalized spacial score (nSPS) is 16.1. The third-order valence-corrected chi connectivity index (χ3v) is 14.6. The van der Waals surface area contributed by atoms with Crippen LogP contribution in [0.1, 0.15) is 70.2 Å². The van der Waals surface area contributed by atoms with E-state index in [0.29, 0.717) is 0 Å². The third kappa shape index (κ3) is 5.95. The highest BCUT2D eigenvalue weighted by Crippen LogP contribution is 2.65. The van der Waals surface area contributed by atoms with Gasteiger partial charge in [0.1, 0.15) is 23.0 Å². The van der Waals surface area contributed by atoms with Crippen LogP contribution in [0.25, 0.3) is 39.1 Å². The fourth-order valence-electron chi connectivity index (χ4n) is 11.4. The lowest BCUT2D eigenvalue weighted by molar-refractivity contribution is 0.162. The molecule has 8 aromatic rings. The number of benzene rings is 8. The standard InChI is InChI=1S/C59H50O4/c1-39-19-21-40(22-20-39)49-37-50-51(38-53(49)62-4)56-48(31-32-59(63-56,43-23-27-45(60-2)28-24-43)44-25-29-46(61-3)30-26-44)55-54(50)47-17-11-12-18-52(47)58(55)35-33-57(34-36-58,41-13-7-5-8-14-41)42-15-9-6-10-16-42/h5-32,37-38H,33-36H2,1-4H3. The molecule has 8 aromatic carbocycles. The van der Waals surface area contributed by atoms with Gasteiger partial charge >= 0.3 is 0 Å². The maximum Gasteiger partial charge on any atom is 0.178 e. The number of hydrogen-bond acceptors (Lipinski definition) is 4. The Labute approximate surface area is 370 Å². The van der Waals surface area contributed by atoms with Crippen molar-refractivity contribution in [3.8, 4) is 45.3 Å². The van der Waals surface area contributed by atoms with Crippen molar-refractivity contribution >= 4 is 16.8 Å². The summed E-state index contributed by atoms with van der Waals surface area (Å²) in [6.07, 6.45) is 8.62. The van der Waals surface area contributed by atoms with E-state index in [1.165, 1.54) is 44.3 Å². The van der Waals surface area contributed by atoms with Gasteiger partial charge in [0.15, 0.2) is 5.60 Å². The third-order valence-electron chi connectivity index (χ3n) is 14.6. The molecule has 1 saturated carbocycles. The Morgan fingerprint density at radius 1 is 0.492 bits per heavy atom. The monoisotopic (exact) mass is 822 g/mol. The average Bonchev–Trinajstić information content (AvgIpc) is 3.64. The van der Waals surface area contributed by atoms with Gasteiger partial charge in [0, 0.05) is 38.5 Å². The Morgan fingerprint density at radius 2 is 1.05 bits per heavy atom. The molecule has 4 nitrogen and oxygen atoms in total. The van der Waals surface area contributed by atoms with Crippen molar-refractivity contribution < 1.29 is 18.9 Å². The fraction of sp³-hybridized carbons (Fsp3) is 0.186. The number of hydrogen-bond donors (Lipinski definition) is 0. The molecule has 1 spiro atoms. The van der Waals surface area contributed by atoms with Crippen molar-refractivity contribution in [2.24, 2.45) is 0 Å². The molecule has 0 unspecified atom stereocenters. The van der Waals surface area contributed by atoms with Gasteiger partial charge in [-0.1, -0.05) is 145 Å². The van der Waals surface area contributed by atoms with E-state index in [9.17, 15) is 0 Å². The summed E-state index contributed by atoms with van der Waals surface area (Å²) < 4.78 is 25.4. The van der Waals surface area contributed by atoms with Crippen LogP contribution < -0.4 is 18.9 Å². The predicted molar refractivity (Wildman–Crippen MR) is 255 cm³/mol. The summed E-state index contributed by atoms with van der Waals surface area (Å²) in [6.45, 7) is 2.13. The van der Waals surface area contributed by atoms with Crippen molar-refractivity contribution in [3.05, 3.63) is 220 Å². The van der Waals surface area contributed by atoms with Crippen molar-refractivity contribution in [1.29, 1.82) is 0 Å². The van der Waals surface area contributed by atoms with Crippen molar-refractivity contribution in [3.63, 3.8) is 0 Å². The van der Waals surface area contributed by atoms with E-state index >= 15 is 0 Å². The van der Waals surface area contributed by atoms with Crippen LogP contribution in [-0.4, -0.2) is 21.3 Å².